The molecule has 1 aliphatic heterocycles. The van der Waals surface area contributed by atoms with E-state index in [1.54, 1.807) is 30.4 Å². The number of aliphatic imine (C=N–C) groups is 1. The molecule has 0 aromatic heterocycles. The fraction of sp³-hybridized carbons (Fsp3) is 0.167. The Kier molecular flexibility index (Phi) is 2.43. The number of carbonyl (C=O) groups is 2. The van der Waals surface area contributed by atoms with E-state index in [4.69, 9.17) is 0 Å². The molecule has 0 saturated carbocycles. The Morgan fingerprint density at radius 1 is 1.09 bits per heavy atom. The normalized spacial score (nSPS) is 28.8. The molecule has 4 rings (SSSR count). The van der Waals surface area contributed by atoms with Crippen molar-refractivity contribution in [2.24, 2.45) is 4.99 Å². The predicted molar refractivity (Wildman–Crippen MR) is 84.2 cm³/mol. The molecule has 1 heterocycles. The minimum absolute atomic E-state index is 0.0470. The molecule has 108 valence electrons. The van der Waals surface area contributed by atoms with Gasteiger partial charge in [-0.25, -0.2) is 0 Å². The molecule has 0 bridgehead atoms. The monoisotopic (exact) mass is 290 g/mol. The van der Waals surface area contributed by atoms with E-state index in [9.17, 15) is 9.59 Å². The summed E-state index contributed by atoms with van der Waals surface area (Å²) in [4.78, 5) is 29.2. The first-order valence-electron chi connectivity index (χ1n) is 7.16. The summed E-state index contributed by atoms with van der Waals surface area (Å²) in [5, 5.41) is 3.40. The summed E-state index contributed by atoms with van der Waals surface area (Å²) >= 11 is 0. The molecule has 0 amide bonds. The Balaban J connectivity index is 2.00. The van der Waals surface area contributed by atoms with Gasteiger partial charge in [0.25, 0.3) is 0 Å². The van der Waals surface area contributed by atoms with E-state index >= 15 is 0 Å². The number of nitrogens with one attached hydrogen (secondary N) is 1. The van der Waals surface area contributed by atoms with Gasteiger partial charge in [0.05, 0.1) is 11.4 Å². The number of rotatable bonds is 0. The highest BCUT2D eigenvalue weighted by Crippen LogP contribution is 2.39. The standard InChI is InChI=1S/C18H14N2O2/c1-10-11(2)20-18-9-13-12(4-3-5-15(13)21)8-14(18)16(22)6-7-17(18)19-10/h3-9,20H,1-2H3. The number of fused-ring (bicyclic) bond motifs is 1. The van der Waals surface area contributed by atoms with Gasteiger partial charge < -0.3 is 5.32 Å². The molecule has 4 aliphatic rings. The van der Waals surface area contributed by atoms with Crippen molar-refractivity contribution >= 4 is 17.3 Å². The predicted octanol–water partition coefficient (Wildman–Crippen LogP) is 2.09. The smallest absolute Gasteiger partial charge is 0.186 e. The topological polar surface area (TPSA) is 58.5 Å². The molecule has 0 aromatic carbocycles. The van der Waals surface area contributed by atoms with Crippen LogP contribution >= 0.6 is 0 Å². The first-order valence-corrected chi connectivity index (χ1v) is 7.16. The second-order valence-electron chi connectivity index (χ2n) is 5.80. The second-order valence-corrected chi connectivity index (χ2v) is 5.80. The first kappa shape index (κ1) is 13.0. The lowest BCUT2D eigenvalue weighted by molar-refractivity contribution is -0.112. The average molecular weight is 290 g/mol. The van der Waals surface area contributed by atoms with Gasteiger partial charge in [-0.3, -0.25) is 14.6 Å². The van der Waals surface area contributed by atoms with Crippen molar-refractivity contribution in [2.45, 2.75) is 19.4 Å². The number of hydrogen-bond donors (Lipinski definition) is 1. The van der Waals surface area contributed by atoms with E-state index in [-0.39, 0.29) is 11.6 Å². The fourth-order valence-corrected chi connectivity index (χ4v) is 3.20. The molecule has 1 N–H and O–H groups in total. The lowest BCUT2D eigenvalue weighted by atomic mass is 9.70. The van der Waals surface area contributed by atoms with Crippen LogP contribution in [0.15, 0.2) is 75.6 Å². The van der Waals surface area contributed by atoms with E-state index in [2.05, 4.69) is 10.3 Å². The molecular formula is C18H14N2O2. The largest absolute Gasteiger partial charge is 0.369 e. The molecule has 1 unspecified atom stereocenters. The van der Waals surface area contributed by atoms with Gasteiger partial charge in [-0.05, 0) is 49.8 Å². The zero-order valence-electron chi connectivity index (χ0n) is 12.3. The number of ketones is 2. The Labute approximate surface area is 128 Å². The van der Waals surface area contributed by atoms with E-state index in [1.165, 1.54) is 0 Å². The van der Waals surface area contributed by atoms with Crippen LogP contribution in [0.25, 0.3) is 0 Å². The van der Waals surface area contributed by atoms with Gasteiger partial charge in [0, 0.05) is 16.8 Å². The van der Waals surface area contributed by atoms with Crippen molar-refractivity contribution in [3.8, 4) is 0 Å². The van der Waals surface area contributed by atoms with Crippen LogP contribution in [-0.2, 0) is 9.59 Å². The Bertz CT molecular complexity index is 860. The van der Waals surface area contributed by atoms with Crippen LogP contribution in [0.4, 0.5) is 0 Å². The van der Waals surface area contributed by atoms with Crippen LogP contribution in [0.2, 0.25) is 0 Å². The van der Waals surface area contributed by atoms with Gasteiger partial charge in [0.1, 0.15) is 5.54 Å². The van der Waals surface area contributed by atoms with E-state index < -0.39 is 5.54 Å². The van der Waals surface area contributed by atoms with E-state index in [0.717, 1.165) is 22.7 Å². The molecule has 0 radical (unpaired) electrons. The van der Waals surface area contributed by atoms with Gasteiger partial charge in [-0.1, -0.05) is 12.2 Å². The van der Waals surface area contributed by atoms with E-state index in [0.29, 0.717) is 11.1 Å². The van der Waals surface area contributed by atoms with Crippen molar-refractivity contribution in [2.75, 3.05) is 0 Å². The van der Waals surface area contributed by atoms with Crippen molar-refractivity contribution < 1.29 is 9.59 Å². The van der Waals surface area contributed by atoms with Crippen molar-refractivity contribution in [3.05, 3.63) is 70.6 Å². The van der Waals surface area contributed by atoms with Gasteiger partial charge >= 0.3 is 0 Å². The average Bonchev–Trinajstić information content (AvgIpc) is 2.49. The lowest BCUT2D eigenvalue weighted by Crippen LogP contribution is -2.57. The Hall–Kier alpha value is -2.75. The maximum atomic E-state index is 12.4. The maximum absolute atomic E-state index is 12.4. The maximum Gasteiger partial charge on any atom is 0.186 e. The Morgan fingerprint density at radius 2 is 1.91 bits per heavy atom. The summed E-state index contributed by atoms with van der Waals surface area (Å²) in [6.45, 7) is 3.85. The number of allylic oxidation sites excluding steroid dienone is 9. The molecular weight excluding hydrogens is 276 g/mol. The highest BCUT2D eigenvalue weighted by atomic mass is 16.1. The van der Waals surface area contributed by atoms with Crippen molar-refractivity contribution in [3.63, 3.8) is 0 Å². The summed E-state index contributed by atoms with van der Waals surface area (Å²) in [5.74, 6) is -0.105. The molecule has 1 atom stereocenters. The third-order valence-electron chi connectivity index (χ3n) is 4.46. The zero-order valence-corrected chi connectivity index (χ0v) is 12.3. The highest BCUT2D eigenvalue weighted by Gasteiger charge is 2.46. The summed E-state index contributed by atoms with van der Waals surface area (Å²) in [7, 11) is 0. The zero-order chi connectivity index (χ0) is 15.5. The van der Waals surface area contributed by atoms with Gasteiger partial charge in [0.2, 0.25) is 0 Å². The molecule has 1 spiro atoms. The summed E-state index contributed by atoms with van der Waals surface area (Å²) in [6.07, 6.45) is 12.0. The van der Waals surface area contributed by atoms with Crippen LogP contribution < -0.4 is 5.32 Å². The number of carbonyl (C=O) groups excluding carboxylic acids is 2. The summed E-state index contributed by atoms with van der Waals surface area (Å²) < 4.78 is 0. The van der Waals surface area contributed by atoms with Crippen molar-refractivity contribution in [1.82, 2.24) is 5.32 Å². The van der Waals surface area contributed by atoms with Crippen molar-refractivity contribution in [1.29, 1.82) is 0 Å². The van der Waals surface area contributed by atoms with Crippen LogP contribution in [0.1, 0.15) is 13.8 Å². The molecule has 4 nitrogen and oxygen atoms in total. The van der Waals surface area contributed by atoms with Gasteiger partial charge in [-0.15, -0.1) is 0 Å². The minimum atomic E-state index is -0.830. The summed E-state index contributed by atoms with van der Waals surface area (Å²) in [6, 6.07) is 0. The SMILES string of the molecule is CC1=C(C)NC23C=C4C(=O)C=CC=C4C=C2C(=O)C=CC3=N1. The summed E-state index contributed by atoms with van der Waals surface area (Å²) in [5.41, 5.74) is 3.70. The molecule has 0 saturated heterocycles. The first-order chi connectivity index (χ1) is 10.5. The molecule has 22 heavy (non-hydrogen) atoms. The lowest BCUT2D eigenvalue weighted by Gasteiger charge is -2.42. The third-order valence-corrected chi connectivity index (χ3v) is 4.46. The van der Waals surface area contributed by atoms with Crippen LogP contribution in [0.3, 0.4) is 0 Å². The molecule has 0 aromatic rings. The number of hydrogen-bond acceptors (Lipinski definition) is 4. The van der Waals surface area contributed by atoms with Crippen LogP contribution in [0.5, 0.6) is 0 Å². The molecule has 0 fully saturated rings. The van der Waals surface area contributed by atoms with Crippen LogP contribution in [0, 0.1) is 0 Å². The Morgan fingerprint density at radius 3 is 2.73 bits per heavy atom. The van der Waals surface area contributed by atoms with Gasteiger partial charge in [0.15, 0.2) is 11.6 Å². The van der Waals surface area contributed by atoms with Gasteiger partial charge in [-0.2, -0.15) is 0 Å². The number of nitrogens with zero attached hydrogens (tertiary/aromatic N) is 1. The molecule has 3 aliphatic carbocycles. The quantitative estimate of drug-likeness (QED) is 0.743. The van der Waals surface area contributed by atoms with Crippen LogP contribution in [-0.4, -0.2) is 22.8 Å². The molecule has 4 heteroatoms. The fourth-order valence-electron chi connectivity index (χ4n) is 3.20. The second kappa shape index (κ2) is 4.13. The highest BCUT2D eigenvalue weighted by molar-refractivity contribution is 6.26. The van der Waals surface area contributed by atoms with E-state index in [1.807, 2.05) is 26.0 Å². The third kappa shape index (κ3) is 1.55. The minimum Gasteiger partial charge on any atom is -0.369 e.